The lowest BCUT2D eigenvalue weighted by atomic mass is 9.92. The van der Waals surface area contributed by atoms with Crippen molar-refractivity contribution in [2.75, 3.05) is 6.26 Å². The summed E-state index contributed by atoms with van der Waals surface area (Å²) in [6.45, 7) is 5.87. The molecule has 5 heteroatoms. The first-order valence-electron chi connectivity index (χ1n) is 3.88. The normalized spacial score (nSPS) is 13.2. The van der Waals surface area contributed by atoms with E-state index >= 15 is 0 Å². The molecule has 0 amide bonds. The summed E-state index contributed by atoms with van der Waals surface area (Å²) >= 11 is 1.19. The lowest BCUT2D eigenvalue weighted by Gasteiger charge is -2.16. The Bertz CT molecular complexity index is 398. The summed E-state index contributed by atoms with van der Waals surface area (Å²) in [5, 5.41) is 1.59. The Hall–Kier alpha value is -0.420. The average Bonchev–Trinajstić information content (AvgIpc) is 2.27. The van der Waals surface area contributed by atoms with E-state index in [4.69, 9.17) is 0 Å². The van der Waals surface area contributed by atoms with Crippen molar-refractivity contribution in [2.24, 2.45) is 0 Å². The summed E-state index contributed by atoms with van der Waals surface area (Å²) < 4.78 is 26.8. The van der Waals surface area contributed by atoms with Crippen LogP contribution in [0, 0.1) is 0 Å². The zero-order chi connectivity index (χ0) is 10.3. The van der Waals surface area contributed by atoms with Crippen molar-refractivity contribution in [3.63, 3.8) is 0 Å². The third-order valence-corrected chi connectivity index (χ3v) is 3.54. The molecular formula is C8H13NO2S2. The van der Waals surface area contributed by atoms with Gasteiger partial charge in [0.25, 0.3) is 0 Å². The second kappa shape index (κ2) is 3.06. The maximum Gasteiger partial charge on any atom is 0.178 e. The van der Waals surface area contributed by atoms with Crippen LogP contribution in [0.4, 0.5) is 0 Å². The minimum Gasteiger partial charge on any atom is -0.224 e. The summed E-state index contributed by atoms with van der Waals surface area (Å²) in [6.07, 6.45) is 1.21. The number of sulfone groups is 1. The minimum atomic E-state index is -3.13. The molecule has 3 nitrogen and oxygen atoms in total. The smallest absolute Gasteiger partial charge is 0.178 e. The van der Waals surface area contributed by atoms with Crippen molar-refractivity contribution in [1.29, 1.82) is 0 Å². The zero-order valence-electron chi connectivity index (χ0n) is 8.16. The van der Waals surface area contributed by atoms with Crippen LogP contribution in [-0.2, 0) is 15.3 Å². The first-order valence-corrected chi connectivity index (χ1v) is 6.60. The lowest BCUT2D eigenvalue weighted by molar-refractivity contribution is 0.552. The predicted molar refractivity (Wildman–Crippen MR) is 53.9 cm³/mol. The van der Waals surface area contributed by atoms with Gasteiger partial charge in [-0.1, -0.05) is 20.8 Å². The van der Waals surface area contributed by atoms with Crippen LogP contribution in [0.25, 0.3) is 0 Å². The molecule has 0 fully saturated rings. The summed E-state index contributed by atoms with van der Waals surface area (Å²) in [5.41, 5.74) is 0.457. The van der Waals surface area contributed by atoms with Crippen molar-refractivity contribution in [2.45, 2.75) is 31.1 Å². The Morgan fingerprint density at radius 1 is 1.38 bits per heavy atom. The van der Waals surface area contributed by atoms with E-state index in [1.54, 1.807) is 5.38 Å². The Labute approximate surface area is 82.9 Å². The number of hydrogen-bond acceptors (Lipinski definition) is 4. The summed E-state index contributed by atoms with van der Waals surface area (Å²) in [4.78, 5) is 0.366. The van der Waals surface area contributed by atoms with E-state index in [0.717, 1.165) is 0 Å². The van der Waals surface area contributed by atoms with Crippen LogP contribution < -0.4 is 0 Å². The Morgan fingerprint density at radius 3 is 2.23 bits per heavy atom. The van der Waals surface area contributed by atoms with Gasteiger partial charge in [-0.2, -0.15) is 4.37 Å². The van der Waals surface area contributed by atoms with Crippen molar-refractivity contribution in [1.82, 2.24) is 4.37 Å². The quantitative estimate of drug-likeness (QED) is 0.724. The monoisotopic (exact) mass is 219 g/mol. The van der Waals surface area contributed by atoms with Crippen LogP contribution in [0.15, 0.2) is 10.3 Å². The summed E-state index contributed by atoms with van der Waals surface area (Å²) in [5.74, 6) is 0. The molecule has 0 saturated carbocycles. The molecule has 1 rings (SSSR count). The first kappa shape index (κ1) is 10.7. The van der Waals surface area contributed by atoms with Crippen LogP contribution in [-0.4, -0.2) is 19.0 Å². The maximum atomic E-state index is 11.3. The molecule has 1 heterocycles. The fourth-order valence-corrected chi connectivity index (χ4v) is 3.32. The summed E-state index contributed by atoms with van der Waals surface area (Å²) in [7, 11) is -3.13. The molecule has 0 spiro atoms. The van der Waals surface area contributed by atoms with Crippen LogP contribution in [0.3, 0.4) is 0 Å². The van der Waals surface area contributed by atoms with Gasteiger partial charge in [0.1, 0.15) is 4.90 Å². The first-order chi connectivity index (χ1) is 5.73. The molecule has 0 N–H and O–H groups in total. The fraction of sp³-hybridized carbons (Fsp3) is 0.625. The number of nitrogens with zero attached hydrogens (tertiary/aromatic N) is 1. The van der Waals surface area contributed by atoms with Crippen LogP contribution in [0.5, 0.6) is 0 Å². The van der Waals surface area contributed by atoms with Gasteiger partial charge in [0.15, 0.2) is 9.84 Å². The van der Waals surface area contributed by atoms with E-state index in [-0.39, 0.29) is 5.41 Å². The van der Waals surface area contributed by atoms with Gasteiger partial charge in [-0.15, -0.1) is 0 Å². The molecule has 1 aromatic heterocycles. The molecule has 0 saturated heterocycles. The van der Waals surface area contributed by atoms with Gasteiger partial charge < -0.3 is 0 Å². The van der Waals surface area contributed by atoms with Crippen molar-refractivity contribution < 1.29 is 8.42 Å². The fourth-order valence-electron chi connectivity index (χ4n) is 0.997. The molecule has 0 aliphatic carbocycles. The Balaban J connectivity index is 3.35. The highest BCUT2D eigenvalue weighted by Crippen LogP contribution is 2.28. The van der Waals surface area contributed by atoms with Gasteiger partial charge in [0, 0.05) is 17.1 Å². The SMILES string of the molecule is CC(C)(C)c1nscc1S(C)(=O)=O. The van der Waals surface area contributed by atoms with Gasteiger partial charge in [0.2, 0.25) is 0 Å². The molecule has 0 aliphatic rings. The molecule has 0 aliphatic heterocycles. The van der Waals surface area contributed by atoms with Gasteiger partial charge in [-0.05, 0) is 11.5 Å². The molecule has 0 atom stereocenters. The van der Waals surface area contributed by atoms with Crippen molar-refractivity contribution in [3.05, 3.63) is 11.1 Å². The van der Waals surface area contributed by atoms with Gasteiger partial charge in [0.05, 0.1) is 5.69 Å². The zero-order valence-corrected chi connectivity index (χ0v) is 9.79. The van der Waals surface area contributed by atoms with Crippen molar-refractivity contribution >= 4 is 21.4 Å². The molecular weight excluding hydrogens is 206 g/mol. The van der Waals surface area contributed by atoms with Crippen LogP contribution in [0.1, 0.15) is 26.5 Å². The van der Waals surface area contributed by atoms with E-state index < -0.39 is 9.84 Å². The largest absolute Gasteiger partial charge is 0.224 e. The van der Waals surface area contributed by atoms with Gasteiger partial charge >= 0.3 is 0 Å². The highest BCUT2D eigenvalue weighted by atomic mass is 32.2. The molecule has 0 aromatic carbocycles. The highest BCUT2D eigenvalue weighted by molar-refractivity contribution is 7.90. The lowest BCUT2D eigenvalue weighted by Crippen LogP contribution is -2.15. The Morgan fingerprint density at radius 2 is 1.92 bits per heavy atom. The number of hydrogen-bond donors (Lipinski definition) is 0. The van der Waals surface area contributed by atoms with Crippen LogP contribution in [0.2, 0.25) is 0 Å². The molecule has 13 heavy (non-hydrogen) atoms. The second-order valence-electron chi connectivity index (χ2n) is 4.05. The van der Waals surface area contributed by atoms with E-state index in [0.29, 0.717) is 10.6 Å². The van der Waals surface area contributed by atoms with E-state index in [2.05, 4.69) is 4.37 Å². The molecule has 0 bridgehead atoms. The highest BCUT2D eigenvalue weighted by Gasteiger charge is 2.25. The minimum absolute atomic E-state index is 0.210. The van der Waals surface area contributed by atoms with Crippen LogP contribution >= 0.6 is 11.5 Å². The Kier molecular flexibility index (Phi) is 2.51. The van der Waals surface area contributed by atoms with E-state index in [1.807, 2.05) is 20.8 Å². The molecule has 74 valence electrons. The van der Waals surface area contributed by atoms with Crippen molar-refractivity contribution in [3.8, 4) is 0 Å². The van der Waals surface area contributed by atoms with Gasteiger partial charge in [-0.3, -0.25) is 0 Å². The predicted octanol–water partition coefficient (Wildman–Crippen LogP) is 1.84. The second-order valence-corrected chi connectivity index (χ2v) is 6.66. The third kappa shape index (κ3) is 2.28. The average molecular weight is 219 g/mol. The number of aromatic nitrogens is 1. The molecule has 1 aromatic rings. The van der Waals surface area contributed by atoms with Gasteiger partial charge in [-0.25, -0.2) is 8.42 Å². The van der Waals surface area contributed by atoms with E-state index in [9.17, 15) is 8.42 Å². The van der Waals surface area contributed by atoms with E-state index in [1.165, 1.54) is 17.8 Å². The maximum absolute atomic E-state index is 11.3. The summed E-state index contributed by atoms with van der Waals surface area (Å²) in [6, 6.07) is 0. The molecule has 0 unspecified atom stereocenters. The third-order valence-electron chi connectivity index (χ3n) is 1.65. The molecule has 0 radical (unpaired) electrons. The standard InChI is InChI=1S/C8H13NO2S2/c1-8(2,3)7-6(5-12-9-7)13(4,10)11/h5H,1-4H3. The number of rotatable bonds is 1. The topological polar surface area (TPSA) is 47.0 Å².